The first-order valence-electron chi connectivity index (χ1n) is 8.37. The van der Waals surface area contributed by atoms with Crippen LogP contribution in [-0.4, -0.2) is 24.8 Å². The maximum atomic E-state index is 12.2. The van der Waals surface area contributed by atoms with Crippen molar-refractivity contribution >= 4 is 35.3 Å². The van der Waals surface area contributed by atoms with Crippen LogP contribution < -0.4 is 14.9 Å². The molecule has 6 nitrogen and oxygen atoms in total. The lowest BCUT2D eigenvalue weighted by Gasteiger charge is -2.24. The van der Waals surface area contributed by atoms with E-state index < -0.39 is 12.0 Å². The van der Waals surface area contributed by atoms with Gasteiger partial charge in [0.15, 0.2) is 11.5 Å². The number of hydrogen-bond acceptors (Lipinski definition) is 5. The Bertz CT molecular complexity index is 1050. The molecule has 0 saturated heterocycles. The number of amides is 1. The van der Waals surface area contributed by atoms with Crippen molar-refractivity contribution in [2.75, 3.05) is 6.61 Å². The zero-order valence-electron chi connectivity index (χ0n) is 14.4. The zero-order valence-corrected chi connectivity index (χ0v) is 15.9. The van der Waals surface area contributed by atoms with E-state index in [0.717, 1.165) is 5.56 Å². The first kappa shape index (κ1) is 18.4. The van der Waals surface area contributed by atoms with Crippen molar-refractivity contribution in [1.82, 2.24) is 5.43 Å². The molecule has 142 valence electrons. The third-order valence-corrected chi connectivity index (χ3v) is 4.74. The van der Waals surface area contributed by atoms with E-state index in [2.05, 4.69) is 10.5 Å². The van der Waals surface area contributed by atoms with Gasteiger partial charge in [0.25, 0.3) is 5.91 Å². The Morgan fingerprint density at radius 1 is 1.07 bits per heavy atom. The number of nitrogens with one attached hydrogen (secondary N) is 1. The predicted molar refractivity (Wildman–Crippen MR) is 106 cm³/mol. The van der Waals surface area contributed by atoms with E-state index in [1.165, 1.54) is 6.21 Å². The Labute approximate surface area is 170 Å². The molecule has 1 amide bonds. The van der Waals surface area contributed by atoms with Crippen molar-refractivity contribution in [3.05, 3.63) is 70.4 Å². The van der Waals surface area contributed by atoms with Crippen LogP contribution in [0.5, 0.6) is 11.5 Å². The molecule has 3 aromatic rings. The average molecular weight is 417 g/mol. The molecule has 1 aliphatic rings. The summed E-state index contributed by atoms with van der Waals surface area (Å²) in [6, 6.07) is 15.9. The van der Waals surface area contributed by atoms with Crippen molar-refractivity contribution in [2.24, 2.45) is 5.10 Å². The maximum Gasteiger partial charge on any atom is 0.284 e. The largest absolute Gasteiger partial charge is 0.485 e. The molecule has 1 N–H and O–H groups in total. The predicted octanol–water partition coefficient (Wildman–Crippen LogP) is 4.54. The van der Waals surface area contributed by atoms with Crippen LogP contribution in [0.2, 0.25) is 10.0 Å². The monoisotopic (exact) mass is 416 g/mol. The summed E-state index contributed by atoms with van der Waals surface area (Å²) in [6.07, 6.45) is 0.617. The molecule has 0 spiro atoms. The van der Waals surface area contributed by atoms with E-state index in [-0.39, 0.29) is 6.61 Å². The van der Waals surface area contributed by atoms with Crippen LogP contribution >= 0.6 is 23.2 Å². The second-order valence-corrected chi connectivity index (χ2v) is 6.74. The van der Waals surface area contributed by atoms with Gasteiger partial charge < -0.3 is 13.9 Å². The highest BCUT2D eigenvalue weighted by Gasteiger charge is 2.27. The molecule has 1 aromatic heterocycles. The zero-order chi connectivity index (χ0) is 19.5. The Balaban J connectivity index is 1.37. The van der Waals surface area contributed by atoms with Crippen LogP contribution in [0.3, 0.4) is 0 Å². The summed E-state index contributed by atoms with van der Waals surface area (Å²) in [5, 5.41) is 4.82. The third-order valence-electron chi connectivity index (χ3n) is 4.00. The summed E-state index contributed by atoms with van der Waals surface area (Å²) in [7, 11) is 0. The number of rotatable bonds is 4. The lowest BCUT2D eigenvalue weighted by molar-refractivity contribution is -0.130. The maximum absolute atomic E-state index is 12.2. The molecule has 0 radical (unpaired) electrons. The molecule has 0 aliphatic carbocycles. The van der Waals surface area contributed by atoms with Crippen LogP contribution in [0.4, 0.5) is 0 Å². The number of hydrogen-bond donors (Lipinski definition) is 1. The van der Waals surface area contributed by atoms with Crippen LogP contribution in [0, 0.1) is 0 Å². The lowest BCUT2D eigenvalue weighted by atomic mass is 10.2. The van der Waals surface area contributed by atoms with Crippen molar-refractivity contribution in [2.45, 2.75) is 6.10 Å². The second kappa shape index (κ2) is 7.96. The Morgan fingerprint density at radius 2 is 1.89 bits per heavy atom. The number of carbonyl (C=O) groups is 1. The van der Waals surface area contributed by atoms with Gasteiger partial charge >= 0.3 is 0 Å². The minimum absolute atomic E-state index is 0.112. The van der Waals surface area contributed by atoms with E-state index in [9.17, 15) is 4.79 Å². The van der Waals surface area contributed by atoms with Gasteiger partial charge in [-0.3, -0.25) is 4.79 Å². The molecule has 0 fully saturated rings. The topological polar surface area (TPSA) is 73.1 Å². The van der Waals surface area contributed by atoms with E-state index in [1.54, 1.807) is 42.5 Å². The summed E-state index contributed by atoms with van der Waals surface area (Å²) in [5.41, 5.74) is 3.21. The van der Waals surface area contributed by atoms with Gasteiger partial charge in [0, 0.05) is 5.56 Å². The van der Waals surface area contributed by atoms with E-state index in [4.69, 9.17) is 37.1 Å². The minimum atomic E-state index is -0.782. The summed E-state index contributed by atoms with van der Waals surface area (Å²) in [4.78, 5) is 12.2. The van der Waals surface area contributed by atoms with Gasteiger partial charge in [0.05, 0.1) is 16.3 Å². The van der Waals surface area contributed by atoms with Crippen LogP contribution in [0.15, 0.2) is 64.1 Å². The summed E-state index contributed by atoms with van der Waals surface area (Å²) in [6.45, 7) is 0.112. The van der Waals surface area contributed by atoms with Crippen molar-refractivity contribution in [3.8, 4) is 22.8 Å². The fourth-order valence-corrected chi connectivity index (χ4v) is 2.91. The number of fused-ring (bicyclic) bond motifs is 1. The number of carbonyl (C=O) groups excluding carboxylic acids is 1. The van der Waals surface area contributed by atoms with Gasteiger partial charge in [-0.15, -0.1) is 0 Å². The average Bonchev–Trinajstić information content (AvgIpc) is 3.18. The van der Waals surface area contributed by atoms with Crippen LogP contribution in [-0.2, 0) is 4.79 Å². The van der Waals surface area contributed by atoms with Crippen molar-refractivity contribution in [1.29, 1.82) is 0 Å². The van der Waals surface area contributed by atoms with Crippen LogP contribution in [0.25, 0.3) is 11.3 Å². The number of para-hydroxylation sites is 2. The first-order chi connectivity index (χ1) is 13.6. The second-order valence-electron chi connectivity index (χ2n) is 5.93. The fourth-order valence-electron chi connectivity index (χ4n) is 2.61. The van der Waals surface area contributed by atoms with E-state index in [0.29, 0.717) is 33.1 Å². The minimum Gasteiger partial charge on any atom is -0.485 e. The molecule has 1 aliphatic heterocycles. The third kappa shape index (κ3) is 3.98. The summed E-state index contributed by atoms with van der Waals surface area (Å²) < 4.78 is 16.8. The molecule has 0 saturated carbocycles. The molecule has 1 unspecified atom stereocenters. The Kier molecular flexibility index (Phi) is 5.23. The molecule has 8 heteroatoms. The van der Waals surface area contributed by atoms with E-state index in [1.807, 2.05) is 12.1 Å². The lowest BCUT2D eigenvalue weighted by Crippen LogP contribution is -2.42. The number of halogens is 2. The van der Waals surface area contributed by atoms with Gasteiger partial charge in [-0.05, 0) is 42.5 Å². The van der Waals surface area contributed by atoms with Crippen molar-refractivity contribution < 1.29 is 18.7 Å². The normalized spacial score (nSPS) is 15.6. The standard InChI is InChI=1S/C20H14Cl2N2O4/c21-14-7-5-12(9-15(14)22)16-8-6-13(27-16)10-23-24-20(25)19-11-26-17-3-1-2-4-18(17)28-19/h1-10,19H,11H2,(H,24,25)/b23-10+. The summed E-state index contributed by atoms with van der Waals surface area (Å²) >= 11 is 11.9. The SMILES string of the molecule is O=C(N/N=C/c1ccc(-c2ccc(Cl)c(Cl)c2)o1)C1COc2ccccc2O1. The quantitative estimate of drug-likeness (QED) is 0.500. The fraction of sp³-hybridized carbons (Fsp3) is 0.100. The summed E-state index contributed by atoms with van der Waals surface area (Å²) in [5.74, 6) is 1.79. The van der Waals surface area contributed by atoms with Crippen molar-refractivity contribution in [3.63, 3.8) is 0 Å². The Hall–Kier alpha value is -2.96. The number of ether oxygens (including phenoxy) is 2. The highest BCUT2D eigenvalue weighted by atomic mass is 35.5. The first-order valence-corrected chi connectivity index (χ1v) is 9.12. The number of nitrogens with zero attached hydrogens (tertiary/aromatic N) is 1. The molecule has 0 bridgehead atoms. The smallest absolute Gasteiger partial charge is 0.284 e. The number of furan rings is 1. The molecule has 28 heavy (non-hydrogen) atoms. The molecule has 2 aromatic carbocycles. The highest BCUT2D eigenvalue weighted by Crippen LogP contribution is 2.31. The molecule has 1 atom stereocenters. The number of benzene rings is 2. The Morgan fingerprint density at radius 3 is 2.71 bits per heavy atom. The number of hydrazone groups is 1. The molecule has 4 rings (SSSR count). The molecular formula is C20H14Cl2N2O4. The van der Waals surface area contributed by atoms with Gasteiger partial charge in [0.1, 0.15) is 18.1 Å². The molecular weight excluding hydrogens is 403 g/mol. The van der Waals surface area contributed by atoms with Gasteiger partial charge in [-0.25, -0.2) is 5.43 Å². The van der Waals surface area contributed by atoms with E-state index >= 15 is 0 Å². The molecule has 2 heterocycles. The van der Waals surface area contributed by atoms with Gasteiger partial charge in [0.2, 0.25) is 6.10 Å². The van der Waals surface area contributed by atoms with Gasteiger partial charge in [-0.2, -0.15) is 5.10 Å². The van der Waals surface area contributed by atoms with Crippen LogP contribution in [0.1, 0.15) is 5.76 Å². The van der Waals surface area contributed by atoms with Gasteiger partial charge in [-0.1, -0.05) is 35.3 Å². The highest BCUT2D eigenvalue weighted by molar-refractivity contribution is 6.42.